The molecule has 0 fully saturated rings. The molecule has 1 aromatic carbocycles. The highest BCUT2D eigenvalue weighted by Gasteiger charge is 2.26. The molecule has 0 spiro atoms. The number of rotatable bonds is 4. The number of benzene rings is 1. The van der Waals surface area contributed by atoms with Crippen LogP contribution in [0.15, 0.2) is 18.2 Å². The number of carbonyl (C=O) groups is 1. The van der Waals surface area contributed by atoms with Crippen molar-refractivity contribution >= 4 is 23.1 Å². The number of nitrogens with two attached hydrogens (primary N) is 1. The molecule has 0 aliphatic rings. The molecule has 4 N–H and O–H groups in total. The van der Waals surface area contributed by atoms with E-state index in [1.807, 2.05) is 0 Å². The van der Waals surface area contributed by atoms with Crippen molar-refractivity contribution in [1.82, 2.24) is 5.32 Å². The number of ether oxygens (including phenoxy) is 1. The van der Waals surface area contributed by atoms with Crippen LogP contribution in [0, 0.1) is 0 Å². The third kappa shape index (κ3) is 2.89. The first-order valence-corrected chi connectivity index (χ1v) is 5.69. The van der Waals surface area contributed by atoms with E-state index in [4.69, 9.17) is 22.7 Å². The third-order valence-corrected chi connectivity index (χ3v) is 3.02. The van der Waals surface area contributed by atoms with Crippen LogP contribution in [-0.4, -0.2) is 28.7 Å². The van der Waals surface area contributed by atoms with Gasteiger partial charge in [0, 0.05) is 0 Å². The van der Waals surface area contributed by atoms with E-state index in [-0.39, 0.29) is 22.1 Å². The molecule has 98 valence electrons. The van der Waals surface area contributed by atoms with Gasteiger partial charge in [0.05, 0.1) is 23.2 Å². The van der Waals surface area contributed by atoms with E-state index in [9.17, 15) is 9.90 Å². The predicted molar refractivity (Wildman–Crippen MR) is 73.0 cm³/mol. The Morgan fingerprint density at radius 3 is 2.61 bits per heavy atom. The molecule has 0 unspecified atom stereocenters. The van der Waals surface area contributed by atoms with Crippen molar-refractivity contribution in [3.05, 3.63) is 23.8 Å². The fourth-order valence-electron chi connectivity index (χ4n) is 1.28. The Kier molecular flexibility index (Phi) is 4.13. The number of methoxy groups -OCH3 is 1. The summed E-state index contributed by atoms with van der Waals surface area (Å²) in [4.78, 5) is 12.2. The molecule has 1 amide bonds. The van der Waals surface area contributed by atoms with E-state index < -0.39 is 11.4 Å². The summed E-state index contributed by atoms with van der Waals surface area (Å²) >= 11 is 4.86. The number of phenolic OH excluding ortho intramolecular Hbond substituents is 1. The molecule has 5 nitrogen and oxygen atoms in total. The van der Waals surface area contributed by atoms with Crippen molar-refractivity contribution in [2.45, 2.75) is 19.4 Å². The summed E-state index contributed by atoms with van der Waals surface area (Å²) in [5.41, 5.74) is 4.80. The molecule has 0 bridgehead atoms. The second-order valence-electron chi connectivity index (χ2n) is 4.30. The van der Waals surface area contributed by atoms with Crippen LogP contribution < -0.4 is 15.8 Å². The minimum atomic E-state index is -0.831. The predicted octanol–water partition coefficient (Wildman–Crippen LogP) is 1.20. The number of phenols is 1. The average molecular weight is 268 g/mol. The number of aromatic hydroxyl groups is 1. The number of thiocarbonyl (C=S) groups is 1. The van der Waals surface area contributed by atoms with E-state index in [0.717, 1.165) is 0 Å². The van der Waals surface area contributed by atoms with Gasteiger partial charge in [-0.05, 0) is 26.0 Å². The van der Waals surface area contributed by atoms with Crippen LogP contribution in [0.4, 0.5) is 0 Å². The molecule has 18 heavy (non-hydrogen) atoms. The molecule has 0 saturated heterocycles. The number of para-hydroxylation sites is 1. The highest BCUT2D eigenvalue weighted by atomic mass is 32.1. The van der Waals surface area contributed by atoms with Crippen LogP contribution in [0.25, 0.3) is 0 Å². The Morgan fingerprint density at radius 2 is 2.11 bits per heavy atom. The van der Waals surface area contributed by atoms with Gasteiger partial charge in [-0.1, -0.05) is 18.3 Å². The highest BCUT2D eigenvalue weighted by Crippen LogP contribution is 2.29. The quantitative estimate of drug-likeness (QED) is 0.714. The molecule has 0 radical (unpaired) electrons. The van der Waals surface area contributed by atoms with Crippen molar-refractivity contribution in [2.75, 3.05) is 7.11 Å². The van der Waals surface area contributed by atoms with E-state index in [1.54, 1.807) is 26.0 Å². The molecule has 1 aromatic rings. The molecule has 0 aromatic heterocycles. The summed E-state index contributed by atoms with van der Waals surface area (Å²) in [7, 11) is 1.41. The maximum absolute atomic E-state index is 12.0. The van der Waals surface area contributed by atoms with E-state index in [2.05, 4.69) is 5.32 Å². The summed E-state index contributed by atoms with van der Waals surface area (Å²) in [5.74, 6) is -0.448. The van der Waals surface area contributed by atoms with E-state index >= 15 is 0 Å². The lowest BCUT2D eigenvalue weighted by Crippen LogP contribution is -2.52. The molecule has 6 heteroatoms. The normalized spacial score (nSPS) is 10.8. The maximum atomic E-state index is 12.0. The first-order valence-electron chi connectivity index (χ1n) is 5.28. The van der Waals surface area contributed by atoms with Gasteiger partial charge in [0.1, 0.15) is 0 Å². The number of carbonyl (C=O) groups excluding carboxylic acids is 1. The van der Waals surface area contributed by atoms with Gasteiger partial charge in [0.2, 0.25) is 0 Å². The van der Waals surface area contributed by atoms with Gasteiger partial charge in [-0.2, -0.15) is 0 Å². The van der Waals surface area contributed by atoms with Crippen LogP contribution in [0.2, 0.25) is 0 Å². The number of amides is 1. The topological polar surface area (TPSA) is 84.6 Å². The molecular formula is C12H16N2O3S. The van der Waals surface area contributed by atoms with Crippen molar-refractivity contribution in [3.63, 3.8) is 0 Å². The Bertz CT molecular complexity index is 486. The zero-order chi connectivity index (χ0) is 13.9. The Labute approximate surface area is 111 Å². The lowest BCUT2D eigenvalue weighted by molar-refractivity contribution is 0.0929. The molecule has 0 aliphatic heterocycles. The van der Waals surface area contributed by atoms with Crippen LogP contribution in [0.1, 0.15) is 24.2 Å². The summed E-state index contributed by atoms with van der Waals surface area (Å²) in [6.45, 7) is 3.37. The molecular weight excluding hydrogens is 252 g/mol. The van der Waals surface area contributed by atoms with Crippen molar-refractivity contribution in [1.29, 1.82) is 0 Å². The zero-order valence-corrected chi connectivity index (χ0v) is 11.3. The van der Waals surface area contributed by atoms with Crippen molar-refractivity contribution in [2.24, 2.45) is 5.73 Å². The Morgan fingerprint density at radius 1 is 1.50 bits per heavy atom. The summed E-state index contributed by atoms with van der Waals surface area (Å²) in [6, 6.07) is 4.66. The smallest absolute Gasteiger partial charge is 0.255 e. The van der Waals surface area contributed by atoms with Gasteiger partial charge in [0.15, 0.2) is 11.5 Å². The van der Waals surface area contributed by atoms with Crippen LogP contribution in [-0.2, 0) is 0 Å². The van der Waals surface area contributed by atoms with Gasteiger partial charge < -0.3 is 20.9 Å². The fourth-order valence-corrected chi connectivity index (χ4v) is 1.33. The lowest BCUT2D eigenvalue weighted by Gasteiger charge is -2.25. The van der Waals surface area contributed by atoms with Crippen molar-refractivity contribution < 1.29 is 14.6 Å². The molecule has 1 rings (SSSR count). The third-order valence-electron chi connectivity index (χ3n) is 2.51. The molecule has 0 aliphatic carbocycles. The SMILES string of the molecule is COc1cccc(C(=O)NC(C)(C)C(N)=S)c1O. The standard InChI is InChI=1S/C12H16N2O3S/c1-12(2,11(13)18)14-10(16)7-5-4-6-8(17-3)9(7)15/h4-6,15H,1-3H3,(H2,13,18)(H,14,16). The lowest BCUT2D eigenvalue weighted by atomic mass is 10.0. The average Bonchev–Trinajstić information content (AvgIpc) is 2.28. The van der Waals surface area contributed by atoms with E-state index in [1.165, 1.54) is 13.2 Å². The summed E-state index contributed by atoms with van der Waals surface area (Å²) in [5, 5.41) is 12.5. The minimum Gasteiger partial charge on any atom is -0.504 e. The first-order chi connectivity index (χ1) is 8.29. The van der Waals surface area contributed by atoms with Gasteiger partial charge in [0.25, 0.3) is 5.91 Å². The van der Waals surface area contributed by atoms with Gasteiger partial charge in [-0.25, -0.2) is 0 Å². The monoisotopic (exact) mass is 268 g/mol. The molecule has 0 heterocycles. The Hall–Kier alpha value is -1.82. The second kappa shape index (κ2) is 5.22. The van der Waals surface area contributed by atoms with Gasteiger partial charge in [-0.3, -0.25) is 4.79 Å². The maximum Gasteiger partial charge on any atom is 0.255 e. The van der Waals surface area contributed by atoms with Crippen LogP contribution in [0.5, 0.6) is 11.5 Å². The fraction of sp³-hybridized carbons (Fsp3) is 0.333. The summed E-state index contributed by atoms with van der Waals surface area (Å²) in [6.07, 6.45) is 0. The Balaban J connectivity index is 3.02. The van der Waals surface area contributed by atoms with Crippen molar-refractivity contribution in [3.8, 4) is 11.5 Å². The van der Waals surface area contributed by atoms with E-state index in [0.29, 0.717) is 0 Å². The van der Waals surface area contributed by atoms with Crippen LogP contribution in [0.3, 0.4) is 0 Å². The summed E-state index contributed by atoms with van der Waals surface area (Å²) < 4.78 is 4.93. The number of nitrogens with one attached hydrogen (secondary N) is 1. The zero-order valence-electron chi connectivity index (χ0n) is 10.5. The molecule has 0 saturated carbocycles. The van der Waals surface area contributed by atoms with Gasteiger partial charge >= 0.3 is 0 Å². The largest absolute Gasteiger partial charge is 0.504 e. The highest BCUT2D eigenvalue weighted by molar-refractivity contribution is 7.80. The van der Waals surface area contributed by atoms with Gasteiger partial charge in [-0.15, -0.1) is 0 Å². The second-order valence-corrected chi connectivity index (χ2v) is 4.74. The minimum absolute atomic E-state index is 0.110. The number of hydrogen-bond acceptors (Lipinski definition) is 4. The number of hydrogen-bond donors (Lipinski definition) is 3. The van der Waals surface area contributed by atoms with Crippen LogP contribution >= 0.6 is 12.2 Å². The molecule has 0 atom stereocenters. The first kappa shape index (κ1) is 14.2.